The molecule has 0 saturated heterocycles. The third-order valence-electron chi connectivity index (χ3n) is 4.06. The van der Waals surface area contributed by atoms with E-state index in [9.17, 15) is 14.0 Å². The van der Waals surface area contributed by atoms with Crippen LogP contribution in [-0.2, 0) is 4.79 Å². The van der Waals surface area contributed by atoms with Crippen molar-refractivity contribution in [2.24, 2.45) is 0 Å². The molecule has 0 spiro atoms. The van der Waals surface area contributed by atoms with Gasteiger partial charge in [0.1, 0.15) is 5.75 Å². The predicted molar refractivity (Wildman–Crippen MR) is 122 cm³/mol. The van der Waals surface area contributed by atoms with Gasteiger partial charge < -0.3 is 20.7 Å². The lowest BCUT2D eigenvalue weighted by Crippen LogP contribution is -2.28. The van der Waals surface area contributed by atoms with Crippen LogP contribution < -0.4 is 20.7 Å². The zero-order valence-electron chi connectivity index (χ0n) is 17.0. The Kier molecular flexibility index (Phi) is 7.69. The van der Waals surface area contributed by atoms with Gasteiger partial charge in [-0.2, -0.15) is 0 Å². The van der Waals surface area contributed by atoms with Crippen LogP contribution in [-0.4, -0.2) is 23.5 Å². The molecule has 0 aliphatic heterocycles. The Balaban J connectivity index is 1.54. The first-order valence-electron chi connectivity index (χ1n) is 9.66. The number of hydrogen-bond donors (Lipinski definition) is 3. The molecule has 0 aliphatic rings. The molecule has 3 N–H and O–H groups in total. The van der Waals surface area contributed by atoms with Gasteiger partial charge in [0.15, 0.2) is 11.6 Å². The Bertz CT molecular complexity index is 1120. The lowest BCUT2D eigenvalue weighted by atomic mass is 10.2. The number of anilines is 2. The van der Waals surface area contributed by atoms with E-state index in [1.165, 1.54) is 30.5 Å². The monoisotopic (exact) mass is 432 g/mol. The fourth-order valence-electron chi connectivity index (χ4n) is 2.57. The van der Waals surface area contributed by atoms with Gasteiger partial charge in [0.2, 0.25) is 5.91 Å². The van der Waals surface area contributed by atoms with Crippen LogP contribution >= 0.6 is 0 Å². The highest BCUT2D eigenvalue weighted by Crippen LogP contribution is 2.25. The fraction of sp³-hybridized carbons (Fsp3) is 0.0417. The molecule has 32 heavy (non-hydrogen) atoms. The van der Waals surface area contributed by atoms with E-state index in [0.29, 0.717) is 29.2 Å². The molecule has 3 amide bonds. The van der Waals surface area contributed by atoms with Crippen molar-refractivity contribution in [2.75, 3.05) is 17.2 Å². The van der Waals surface area contributed by atoms with E-state index >= 15 is 0 Å². The number of amides is 3. The molecule has 0 radical (unpaired) electrons. The number of pyridine rings is 1. The van der Waals surface area contributed by atoms with E-state index in [2.05, 4.69) is 27.5 Å². The number of rotatable bonds is 8. The first-order valence-corrected chi connectivity index (χ1v) is 9.66. The highest BCUT2D eigenvalue weighted by molar-refractivity contribution is 6.02. The first-order chi connectivity index (χ1) is 15.5. The normalized spacial score (nSPS) is 10.4. The minimum Gasteiger partial charge on any atom is -0.453 e. The summed E-state index contributed by atoms with van der Waals surface area (Å²) in [7, 11) is 0. The van der Waals surface area contributed by atoms with E-state index in [4.69, 9.17) is 4.74 Å². The number of hydrogen-bond acceptors (Lipinski definition) is 4. The summed E-state index contributed by atoms with van der Waals surface area (Å²) in [6.07, 6.45) is 7.44. The van der Waals surface area contributed by atoms with E-state index in [-0.39, 0.29) is 17.7 Å². The Hall–Kier alpha value is -4.46. The quantitative estimate of drug-likeness (QED) is 0.346. The number of nitrogens with one attached hydrogen (secondary N) is 3. The van der Waals surface area contributed by atoms with Gasteiger partial charge in [0, 0.05) is 30.2 Å². The largest absolute Gasteiger partial charge is 0.453 e. The third kappa shape index (κ3) is 6.81. The van der Waals surface area contributed by atoms with Crippen LogP contribution in [0.4, 0.5) is 20.6 Å². The van der Waals surface area contributed by atoms with Crippen molar-refractivity contribution >= 4 is 29.4 Å². The molecule has 0 saturated carbocycles. The maximum Gasteiger partial charge on any atom is 0.319 e. The van der Waals surface area contributed by atoms with Gasteiger partial charge in [-0.15, -0.1) is 6.58 Å². The fourth-order valence-corrected chi connectivity index (χ4v) is 2.57. The number of benzene rings is 2. The average Bonchev–Trinajstić information content (AvgIpc) is 2.80. The molecule has 3 rings (SSSR count). The smallest absolute Gasteiger partial charge is 0.319 e. The van der Waals surface area contributed by atoms with Gasteiger partial charge in [-0.3, -0.25) is 9.78 Å². The van der Waals surface area contributed by atoms with Crippen molar-refractivity contribution in [1.29, 1.82) is 0 Å². The van der Waals surface area contributed by atoms with Gasteiger partial charge in [0.05, 0.1) is 6.20 Å². The molecular formula is C24H21FN4O3. The standard InChI is InChI=1S/C24H21FN4O3/c1-2-13-27-24(31)29-19-9-7-18(8-10-19)28-23(30)12-6-17-5-11-22(21(25)15-17)32-20-4-3-14-26-16-20/h2-12,14-16H,1,13H2,(H,28,30)(H2,27,29,31)/b12-6+. The van der Waals surface area contributed by atoms with Crippen LogP contribution in [0.2, 0.25) is 0 Å². The SMILES string of the molecule is C=CCNC(=O)Nc1ccc(NC(=O)/C=C/c2ccc(Oc3cccnc3)c(F)c2)cc1. The number of ether oxygens (including phenoxy) is 1. The molecule has 0 atom stereocenters. The first kappa shape index (κ1) is 22.2. The second-order valence-electron chi connectivity index (χ2n) is 6.50. The van der Waals surface area contributed by atoms with Gasteiger partial charge in [0.25, 0.3) is 0 Å². The lowest BCUT2D eigenvalue weighted by molar-refractivity contribution is -0.111. The van der Waals surface area contributed by atoms with Crippen LogP contribution in [0.25, 0.3) is 6.08 Å². The van der Waals surface area contributed by atoms with Crippen LogP contribution in [0.15, 0.2) is 85.7 Å². The number of carbonyl (C=O) groups excluding carboxylic acids is 2. The molecule has 1 heterocycles. The molecule has 162 valence electrons. The van der Waals surface area contributed by atoms with E-state index < -0.39 is 5.82 Å². The van der Waals surface area contributed by atoms with Crippen molar-refractivity contribution in [3.05, 3.63) is 97.1 Å². The summed E-state index contributed by atoms with van der Waals surface area (Å²) in [5.41, 5.74) is 1.62. The van der Waals surface area contributed by atoms with E-state index in [1.54, 1.807) is 54.7 Å². The topological polar surface area (TPSA) is 92.4 Å². The van der Waals surface area contributed by atoms with Gasteiger partial charge in [-0.25, -0.2) is 9.18 Å². The summed E-state index contributed by atoms with van der Waals surface area (Å²) >= 11 is 0. The minimum absolute atomic E-state index is 0.0616. The maximum absolute atomic E-state index is 14.3. The van der Waals surface area contributed by atoms with Crippen LogP contribution in [0.1, 0.15) is 5.56 Å². The molecule has 3 aromatic rings. The summed E-state index contributed by atoms with van der Waals surface area (Å²) in [6.45, 7) is 3.88. The highest BCUT2D eigenvalue weighted by atomic mass is 19.1. The number of carbonyl (C=O) groups is 2. The van der Waals surface area contributed by atoms with Crippen LogP contribution in [0, 0.1) is 5.82 Å². The Morgan fingerprint density at radius 1 is 1.06 bits per heavy atom. The van der Waals surface area contributed by atoms with Gasteiger partial charge >= 0.3 is 6.03 Å². The maximum atomic E-state index is 14.3. The van der Waals surface area contributed by atoms with Crippen molar-refractivity contribution < 1.29 is 18.7 Å². The Labute approximate surface area is 184 Å². The summed E-state index contributed by atoms with van der Waals surface area (Å²) in [5.74, 6) is -0.457. The second kappa shape index (κ2) is 11.1. The van der Waals surface area contributed by atoms with Crippen molar-refractivity contribution in [1.82, 2.24) is 10.3 Å². The number of aromatic nitrogens is 1. The molecule has 7 nitrogen and oxygen atoms in total. The zero-order chi connectivity index (χ0) is 22.8. The zero-order valence-corrected chi connectivity index (χ0v) is 17.0. The molecule has 0 aliphatic carbocycles. The average molecular weight is 432 g/mol. The third-order valence-corrected chi connectivity index (χ3v) is 4.06. The lowest BCUT2D eigenvalue weighted by Gasteiger charge is -2.07. The highest BCUT2D eigenvalue weighted by Gasteiger charge is 2.06. The molecule has 0 fully saturated rings. The van der Waals surface area contributed by atoms with Gasteiger partial charge in [-0.1, -0.05) is 12.1 Å². The molecule has 0 bridgehead atoms. The number of nitrogens with zero attached hydrogens (tertiary/aromatic N) is 1. The van der Waals surface area contributed by atoms with Crippen molar-refractivity contribution in [2.45, 2.75) is 0 Å². The summed E-state index contributed by atoms with van der Waals surface area (Å²) in [5, 5.41) is 7.94. The number of halogens is 1. The van der Waals surface area contributed by atoms with Gasteiger partial charge in [-0.05, 0) is 60.2 Å². The van der Waals surface area contributed by atoms with E-state index in [1.807, 2.05) is 0 Å². The minimum atomic E-state index is -0.559. The summed E-state index contributed by atoms with van der Waals surface area (Å²) in [6, 6.07) is 14.0. The Morgan fingerprint density at radius 2 is 1.81 bits per heavy atom. The van der Waals surface area contributed by atoms with Crippen molar-refractivity contribution in [3.8, 4) is 11.5 Å². The predicted octanol–water partition coefficient (Wildman–Crippen LogP) is 4.97. The second-order valence-corrected chi connectivity index (χ2v) is 6.50. The Morgan fingerprint density at radius 3 is 2.47 bits per heavy atom. The van der Waals surface area contributed by atoms with Crippen molar-refractivity contribution in [3.63, 3.8) is 0 Å². The summed E-state index contributed by atoms with van der Waals surface area (Å²) < 4.78 is 19.7. The van der Waals surface area contributed by atoms with Crippen LogP contribution in [0.5, 0.6) is 11.5 Å². The molecule has 8 heteroatoms. The molecule has 2 aromatic carbocycles. The number of urea groups is 1. The molecule has 0 unspecified atom stereocenters. The van der Waals surface area contributed by atoms with Crippen LogP contribution in [0.3, 0.4) is 0 Å². The molecule has 1 aromatic heterocycles. The summed E-state index contributed by atoms with van der Waals surface area (Å²) in [4.78, 5) is 27.7. The molecular weight excluding hydrogens is 411 g/mol. The van der Waals surface area contributed by atoms with E-state index in [0.717, 1.165) is 0 Å².